The van der Waals surface area contributed by atoms with Crippen molar-refractivity contribution in [2.75, 3.05) is 12.4 Å². The van der Waals surface area contributed by atoms with E-state index in [2.05, 4.69) is 10.3 Å². The number of hydrogen-bond acceptors (Lipinski definition) is 4. The van der Waals surface area contributed by atoms with Crippen molar-refractivity contribution in [2.24, 2.45) is 5.73 Å². The molecule has 1 amide bonds. The highest BCUT2D eigenvalue weighted by Crippen LogP contribution is 2.34. The highest BCUT2D eigenvalue weighted by Gasteiger charge is 2.17. The van der Waals surface area contributed by atoms with E-state index in [-0.39, 0.29) is 48.6 Å². The van der Waals surface area contributed by atoms with Crippen LogP contribution >= 0.6 is 48.0 Å². The molecule has 30 heavy (non-hydrogen) atoms. The first-order valence-electron chi connectivity index (χ1n) is 9.17. The maximum Gasteiger partial charge on any atom is 0.225 e. The number of nitrogens with two attached hydrogens (primary N) is 1. The standard InChI is InChI=1S/C21H23Cl2N3O2.2ClH/c1-3-12(22)8-14(24)10-20(27)26-21-16-6-4-13(23)9-19(16)25-18-7-5-15(28-2)11-17(18)21;;/h4-7,9,11-12,14H,3,8,10,24H2,1-2H3,(H,25,26,27);2*1H. The number of carbonyl (C=O) groups excluding carboxylic acids is 1. The molecule has 5 nitrogen and oxygen atoms in total. The van der Waals surface area contributed by atoms with Crippen LogP contribution in [0, 0.1) is 0 Å². The van der Waals surface area contributed by atoms with Crippen molar-refractivity contribution < 1.29 is 9.53 Å². The smallest absolute Gasteiger partial charge is 0.225 e. The summed E-state index contributed by atoms with van der Waals surface area (Å²) in [7, 11) is 1.60. The van der Waals surface area contributed by atoms with Gasteiger partial charge >= 0.3 is 0 Å². The van der Waals surface area contributed by atoms with Crippen LogP contribution in [0.3, 0.4) is 0 Å². The van der Waals surface area contributed by atoms with Gasteiger partial charge in [0.15, 0.2) is 0 Å². The zero-order valence-corrected chi connectivity index (χ0v) is 19.8. The Kier molecular flexibility index (Phi) is 10.4. The van der Waals surface area contributed by atoms with Crippen molar-refractivity contribution in [1.82, 2.24) is 4.98 Å². The van der Waals surface area contributed by atoms with E-state index >= 15 is 0 Å². The molecule has 0 bridgehead atoms. The van der Waals surface area contributed by atoms with Gasteiger partial charge in [-0.3, -0.25) is 4.79 Å². The third-order valence-corrected chi connectivity index (χ3v) is 5.38. The summed E-state index contributed by atoms with van der Waals surface area (Å²) in [5, 5.41) is 5.17. The molecule has 2 aromatic carbocycles. The summed E-state index contributed by atoms with van der Waals surface area (Å²) in [6, 6.07) is 10.7. The van der Waals surface area contributed by atoms with Crippen molar-refractivity contribution in [1.29, 1.82) is 0 Å². The predicted molar refractivity (Wildman–Crippen MR) is 131 cm³/mol. The van der Waals surface area contributed by atoms with Gasteiger partial charge in [0.1, 0.15) is 5.75 Å². The van der Waals surface area contributed by atoms with Crippen molar-refractivity contribution in [2.45, 2.75) is 37.6 Å². The third kappa shape index (κ3) is 6.25. The first-order valence-corrected chi connectivity index (χ1v) is 9.99. The number of ether oxygens (including phenoxy) is 1. The second-order valence-corrected chi connectivity index (χ2v) is 7.84. The Labute approximate surface area is 198 Å². The summed E-state index contributed by atoms with van der Waals surface area (Å²) in [5.41, 5.74) is 8.22. The summed E-state index contributed by atoms with van der Waals surface area (Å²) in [6.07, 6.45) is 1.59. The summed E-state index contributed by atoms with van der Waals surface area (Å²) < 4.78 is 5.34. The number of pyridine rings is 1. The highest BCUT2D eigenvalue weighted by molar-refractivity contribution is 6.31. The Balaban J connectivity index is 0.00000225. The molecular formula is C21H25Cl4N3O2. The third-order valence-electron chi connectivity index (χ3n) is 4.66. The number of nitrogens with zero attached hydrogens (tertiary/aromatic N) is 1. The molecule has 0 radical (unpaired) electrons. The van der Waals surface area contributed by atoms with E-state index in [1.165, 1.54) is 0 Å². The molecule has 3 aromatic rings. The van der Waals surface area contributed by atoms with E-state index in [9.17, 15) is 4.79 Å². The van der Waals surface area contributed by atoms with Gasteiger partial charge < -0.3 is 15.8 Å². The fourth-order valence-corrected chi connectivity index (χ4v) is 3.56. The molecule has 0 saturated heterocycles. The molecule has 9 heteroatoms. The number of hydrogen-bond donors (Lipinski definition) is 2. The molecule has 2 unspecified atom stereocenters. The van der Waals surface area contributed by atoms with Gasteiger partial charge in [-0.05, 0) is 49.2 Å². The Hall–Kier alpha value is -1.50. The van der Waals surface area contributed by atoms with Crippen molar-refractivity contribution in [3.05, 3.63) is 41.4 Å². The van der Waals surface area contributed by atoms with Gasteiger partial charge in [-0.25, -0.2) is 4.98 Å². The van der Waals surface area contributed by atoms with Crippen molar-refractivity contribution in [3.8, 4) is 5.75 Å². The molecule has 1 heterocycles. The Morgan fingerprint density at radius 2 is 1.90 bits per heavy atom. The van der Waals surface area contributed by atoms with Crippen LogP contribution in [0.25, 0.3) is 21.8 Å². The number of fused-ring (bicyclic) bond motifs is 2. The van der Waals surface area contributed by atoms with Crippen molar-refractivity contribution >= 4 is 81.4 Å². The normalized spacial score (nSPS) is 12.6. The van der Waals surface area contributed by atoms with Gasteiger partial charge in [0.05, 0.1) is 23.8 Å². The van der Waals surface area contributed by atoms with Gasteiger partial charge in [-0.15, -0.1) is 36.4 Å². The van der Waals surface area contributed by atoms with Crippen LogP contribution in [-0.4, -0.2) is 29.4 Å². The van der Waals surface area contributed by atoms with Crippen molar-refractivity contribution in [3.63, 3.8) is 0 Å². The first kappa shape index (κ1) is 26.5. The van der Waals surface area contributed by atoms with E-state index in [1.54, 1.807) is 19.2 Å². The second kappa shape index (κ2) is 11.8. The topological polar surface area (TPSA) is 77.2 Å². The van der Waals surface area contributed by atoms with Crippen LogP contribution in [0.4, 0.5) is 5.69 Å². The summed E-state index contributed by atoms with van der Waals surface area (Å²) in [6.45, 7) is 2.00. The average Bonchev–Trinajstić information content (AvgIpc) is 2.66. The number of halogens is 4. The van der Waals surface area contributed by atoms with Gasteiger partial charge in [0, 0.05) is 33.6 Å². The Bertz CT molecular complexity index is 1020. The molecule has 0 aliphatic carbocycles. The van der Waals surface area contributed by atoms with Crippen LogP contribution in [0.2, 0.25) is 5.02 Å². The zero-order valence-electron chi connectivity index (χ0n) is 16.7. The molecule has 1 aromatic heterocycles. The summed E-state index contributed by atoms with van der Waals surface area (Å²) in [4.78, 5) is 17.3. The fraction of sp³-hybridized carbons (Fsp3) is 0.333. The minimum Gasteiger partial charge on any atom is -0.497 e. The zero-order chi connectivity index (χ0) is 20.3. The number of anilines is 1. The predicted octanol–water partition coefficient (Wildman–Crippen LogP) is 5.96. The lowest BCUT2D eigenvalue weighted by atomic mass is 10.1. The van der Waals surface area contributed by atoms with Crippen LogP contribution in [0.1, 0.15) is 26.2 Å². The van der Waals surface area contributed by atoms with E-state index in [4.69, 9.17) is 33.7 Å². The minimum atomic E-state index is -0.300. The molecule has 0 aliphatic rings. The molecule has 0 fully saturated rings. The average molecular weight is 493 g/mol. The van der Waals surface area contributed by atoms with Crippen LogP contribution in [0.15, 0.2) is 36.4 Å². The maximum atomic E-state index is 12.7. The maximum absolute atomic E-state index is 12.7. The lowest BCUT2D eigenvalue weighted by Gasteiger charge is -2.16. The monoisotopic (exact) mass is 491 g/mol. The van der Waals surface area contributed by atoms with Crippen LogP contribution in [0.5, 0.6) is 5.75 Å². The van der Waals surface area contributed by atoms with Gasteiger partial charge in [-0.1, -0.05) is 18.5 Å². The number of methoxy groups -OCH3 is 1. The number of nitrogens with one attached hydrogen (secondary N) is 1. The van der Waals surface area contributed by atoms with E-state index in [0.717, 1.165) is 22.7 Å². The number of aromatic nitrogens is 1. The lowest BCUT2D eigenvalue weighted by molar-refractivity contribution is -0.116. The molecule has 0 saturated carbocycles. The fourth-order valence-electron chi connectivity index (χ4n) is 3.17. The van der Waals surface area contributed by atoms with Gasteiger partial charge in [-0.2, -0.15) is 0 Å². The molecule has 0 spiro atoms. The largest absolute Gasteiger partial charge is 0.497 e. The molecule has 3 N–H and O–H groups in total. The molecule has 164 valence electrons. The number of benzene rings is 2. The quantitative estimate of drug-likeness (QED) is 0.315. The summed E-state index contributed by atoms with van der Waals surface area (Å²) in [5.74, 6) is 0.516. The SMILES string of the molecule is CCC(Cl)CC(N)CC(=O)Nc1c2ccc(Cl)cc2nc2ccc(OC)cc12.Cl.Cl. The van der Waals surface area contributed by atoms with Gasteiger partial charge in [0.2, 0.25) is 5.91 Å². The summed E-state index contributed by atoms with van der Waals surface area (Å²) >= 11 is 12.3. The number of amides is 1. The Morgan fingerprint density at radius 1 is 1.17 bits per heavy atom. The van der Waals surface area contributed by atoms with Crippen LogP contribution < -0.4 is 15.8 Å². The molecule has 2 atom stereocenters. The van der Waals surface area contributed by atoms with E-state index < -0.39 is 0 Å². The first-order chi connectivity index (χ1) is 13.4. The number of alkyl halides is 1. The molecular weight excluding hydrogens is 468 g/mol. The highest BCUT2D eigenvalue weighted by atomic mass is 35.5. The Morgan fingerprint density at radius 3 is 2.57 bits per heavy atom. The molecule has 0 aliphatic heterocycles. The van der Waals surface area contributed by atoms with E-state index in [1.807, 2.05) is 31.2 Å². The van der Waals surface area contributed by atoms with E-state index in [0.29, 0.717) is 28.4 Å². The second-order valence-electron chi connectivity index (χ2n) is 6.78. The lowest BCUT2D eigenvalue weighted by Crippen LogP contribution is -2.29. The number of carbonyl (C=O) groups is 1. The minimum absolute atomic E-state index is 0. The van der Waals surface area contributed by atoms with Gasteiger partial charge in [0.25, 0.3) is 0 Å². The number of rotatable bonds is 7. The molecule has 3 rings (SSSR count). The van der Waals surface area contributed by atoms with Crippen LogP contribution in [-0.2, 0) is 4.79 Å².